The summed E-state index contributed by atoms with van der Waals surface area (Å²) in [6.45, 7) is 0.848. The first-order chi connectivity index (χ1) is 8.69. The summed E-state index contributed by atoms with van der Waals surface area (Å²) >= 11 is 0. The minimum absolute atomic E-state index is 0. The van der Waals surface area contributed by atoms with Crippen LogP contribution in [0, 0.1) is 0 Å². The predicted octanol–water partition coefficient (Wildman–Crippen LogP) is 1.56. The average Bonchev–Trinajstić information content (AvgIpc) is 2.36. The molecule has 0 fully saturated rings. The van der Waals surface area contributed by atoms with Crippen LogP contribution >= 0.6 is 12.4 Å². The van der Waals surface area contributed by atoms with Crippen LogP contribution in [0.2, 0.25) is 0 Å². The quantitative estimate of drug-likeness (QED) is 0.798. The topological polar surface area (TPSA) is 73.6 Å². The molecule has 0 aromatic heterocycles. The Morgan fingerprint density at radius 3 is 2.74 bits per heavy atom. The van der Waals surface area contributed by atoms with Gasteiger partial charge in [0.1, 0.15) is 0 Å². The van der Waals surface area contributed by atoms with E-state index in [1.54, 1.807) is 14.2 Å². The molecule has 0 saturated carbocycles. The molecule has 0 radical (unpaired) electrons. The normalized spacial score (nSPS) is 11.5. The molecule has 0 heterocycles. The van der Waals surface area contributed by atoms with Crippen molar-refractivity contribution in [3.63, 3.8) is 0 Å². The van der Waals surface area contributed by atoms with Crippen LogP contribution in [0.1, 0.15) is 12.0 Å². The van der Waals surface area contributed by atoms with Crippen LogP contribution < -0.4 is 11.1 Å². The van der Waals surface area contributed by atoms with E-state index in [-0.39, 0.29) is 30.8 Å². The molecular formula is C13H21ClN2O3. The highest BCUT2D eigenvalue weighted by Crippen LogP contribution is 2.12. The molecule has 0 aliphatic heterocycles. The molecule has 108 valence electrons. The number of anilines is 1. The van der Waals surface area contributed by atoms with Gasteiger partial charge >= 0.3 is 0 Å². The lowest BCUT2D eigenvalue weighted by atomic mass is 10.2. The summed E-state index contributed by atoms with van der Waals surface area (Å²) in [6.07, 6.45) is 0.00812. The summed E-state index contributed by atoms with van der Waals surface area (Å²) in [6, 6.07) is 7.53. The lowest BCUT2D eigenvalue weighted by Gasteiger charge is -2.13. The Morgan fingerprint density at radius 2 is 2.16 bits per heavy atom. The molecule has 1 amide bonds. The second-order valence-corrected chi connectivity index (χ2v) is 3.98. The van der Waals surface area contributed by atoms with Crippen LogP contribution in [0.15, 0.2) is 24.3 Å². The molecule has 1 unspecified atom stereocenters. The van der Waals surface area contributed by atoms with Crippen molar-refractivity contribution >= 4 is 24.0 Å². The number of hydrogen-bond acceptors (Lipinski definition) is 4. The van der Waals surface area contributed by atoms with Gasteiger partial charge in [-0.2, -0.15) is 0 Å². The Hall–Kier alpha value is -1.14. The maximum atomic E-state index is 11.7. The second-order valence-electron chi connectivity index (χ2n) is 3.98. The van der Waals surface area contributed by atoms with Crippen molar-refractivity contribution in [3.05, 3.63) is 29.8 Å². The number of hydrogen-bond donors (Lipinski definition) is 2. The summed E-state index contributed by atoms with van der Waals surface area (Å²) in [7, 11) is 3.18. The largest absolute Gasteiger partial charge is 0.380 e. The number of methoxy groups -OCH3 is 2. The zero-order valence-corrected chi connectivity index (χ0v) is 12.0. The van der Waals surface area contributed by atoms with E-state index < -0.39 is 0 Å². The summed E-state index contributed by atoms with van der Waals surface area (Å²) in [5, 5.41) is 2.81. The van der Waals surface area contributed by atoms with Crippen molar-refractivity contribution < 1.29 is 14.3 Å². The van der Waals surface area contributed by atoms with Gasteiger partial charge in [0.2, 0.25) is 5.91 Å². The number of benzene rings is 1. The van der Waals surface area contributed by atoms with E-state index in [0.29, 0.717) is 13.2 Å². The van der Waals surface area contributed by atoms with Gasteiger partial charge in [0.25, 0.3) is 0 Å². The zero-order chi connectivity index (χ0) is 13.4. The van der Waals surface area contributed by atoms with E-state index in [9.17, 15) is 4.79 Å². The summed E-state index contributed by atoms with van der Waals surface area (Å²) in [4.78, 5) is 11.7. The molecule has 0 bridgehead atoms. The fourth-order valence-corrected chi connectivity index (χ4v) is 1.59. The number of rotatable bonds is 7. The van der Waals surface area contributed by atoms with E-state index in [0.717, 1.165) is 11.3 Å². The third kappa shape index (κ3) is 6.54. The molecule has 1 aromatic rings. The molecule has 6 heteroatoms. The summed E-state index contributed by atoms with van der Waals surface area (Å²) in [5.41, 5.74) is 7.23. The highest BCUT2D eigenvalue weighted by molar-refractivity contribution is 5.91. The van der Waals surface area contributed by atoms with Crippen LogP contribution in [0.3, 0.4) is 0 Å². The molecule has 5 nitrogen and oxygen atoms in total. The van der Waals surface area contributed by atoms with Crippen molar-refractivity contribution in [2.24, 2.45) is 5.73 Å². The van der Waals surface area contributed by atoms with Crippen molar-refractivity contribution in [2.75, 3.05) is 26.1 Å². The molecule has 1 atom stereocenters. The molecular weight excluding hydrogens is 268 g/mol. The molecule has 1 aromatic carbocycles. The third-order valence-corrected chi connectivity index (χ3v) is 2.53. The van der Waals surface area contributed by atoms with Gasteiger partial charge in [-0.05, 0) is 17.7 Å². The average molecular weight is 289 g/mol. The van der Waals surface area contributed by atoms with Crippen LogP contribution in [-0.2, 0) is 20.9 Å². The number of nitrogens with two attached hydrogens (primary N) is 1. The van der Waals surface area contributed by atoms with E-state index in [1.807, 2.05) is 24.3 Å². The van der Waals surface area contributed by atoms with Crippen LogP contribution in [0.25, 0.3) is 0 Å². The molecule has 0 aliphatic carbocycles. The fraction of sp³-hybridized carbons (Fsp3) is 0.462. The highest BCUT2D eigenvalue weighted by Gasteiger charge is 2.11. The van der Waals surface area contributed by atoms with E-state index in [4.69, 9.17) is 15.2 Å². The molecule has 19 heavy (non-hydrogen) atoms. The first kappa shape index (κ1) is 17.9. The van der Waals surface area contributed by atoms with E-state index in [2.05, 4.69) is 5.32 Å². The van der Waals surface area contributed by atoms with E-state index in [1.165, 1.54) is 0 Å². The Balaban J connectivity index is 0.00000324. The molecule has 0 aliphatic rings. The van der Waals surface area contributed by atoms with Crippen LogP contribution in [-0.4, -0.2) is 32.8 Å². The molecule has 0 spiro atoms. The Labute approximate surface area is 119 Å². The van der Waals surface area contributed by atoms with Gasteiger partial charge in [-0.25, -0.2) is 0 Å². The van der Waals surface area contributed by atoms with Gasteiger partial charge in [-0.15, -0.1) is 12.4 Å². The fourth-order valence-electron chi connectivity index (χ4n) is 1.59. The van der Waals surface area contributed by atoms with Gasteiger partial charge in [0.15, 0.2) is 0 Å². The number of carbonyl (C=O) groups excluding carboxylic acids is 1. The van der Waals surface area contributed by atoms with Gasteiger partial charge < -0.3 is 20.5 Å². The number of ether oxygens (including phenoxy) is 2. The molecule has 1 rings (SSSR count). The molecule has 3 N–H and O–H groups in total. The second kappa shape index (κ2) is 9.75. The number of amides is 1. The van der Waals surface area contributed by atoms with Gasteiger partial charge in [0.05, 0.1) is 19.1 Å². The minimum atomic E-state index is -0.243. The Bertz CT molecular complexity index is 384. The molecule has 0 saturated heterocycles. The number of carbonyl (C=O) groups is 1. The maximum absolute atomic E-state index is 11.7. The summed E-state index contributed by atoms with van der Waals surface area (Å²) in [5.74, 6) is -0.109. The predicted molar refractivity (Wildman–Crippen MR) is 77.5 cm³/mol. The highest BCUT2D eigenvalue weighted by atomic mass is 35.5. The van der Waals surface area contributed by atoms with Crippen LogP contribution in [0.5, 0.6) is 0 Å². The zero-order valence-electron chi connectivity index (χ0n) is 11.2. The smallest absolute Gasteiger partial charge is 0.227 e. The first-order valence-corrected chi connectivity index (χ1v) is 5.80. The van der Waals surface area contributed by atoms with Crippen molar-refractivity contribution in [1.82, 2.24) is 0 Å². The van der Waals surface area contributed by atoms with Gasteiger partial charge in [-0.1, -0.05) is 12.1 Å². The minimum Gasteiger partial charge on any atom is -0.380 e. The van der Waals surface area contributed by atoms with Crippen molar-refractivity contribution in [3.8, 4) is 0 Å². The number of nitrogens with one attached hydrogen (secondary N) is 1. The van der Waals surface area contributed by atoms with Gasteiger partial charge in [0, 0.05) is 26.5 Å². The van der Waals surface area contributed by atoms with Crippen molar-refractivity contribution in [1.29, 1.82) is 0 Å². The Kier molecular flexibility index (Phi) is 9.16. The monoisotopic (exact) mass is 288 g/mol. The lowest BCUT2D eigenvalue weighted by molar-refractivity contribution is -0.118. The van der Waals surface area contributed by atoms with Crippen LogP contribution in [0.4, 0.5) is 5.69 Å². The third-order valence-electron chi connectivity index (χ3n) is 2.53. The standard InChI is InChI=1S/C13H20N2O3.ClH/c1-17-9-10-4-3-5-11(6-10)15-13(16)7-12(8-14)18-2;/h3-6,12H,7-9,14H2,1-2H3,(H,15,16);1H. The van der Waals surface area contributed by atoms with E-state index >= 15 is 0 Å². The summed E-state index contributed by atoms with van der Waals surface area (Å²) < 4.78 is 10.1. The SMILES string of the molecule is COCc1cccc(NC(=O)CC(CN)OC)c1.Cl. The Morgan fingerprint density at radius 1 is 1.42 bits per heavy atom. The number of halogens is 1. The lowest BCUT2D eigenvalue weighted by Crippen LogP contribution is -2.28. The van der Waals surface area contributed by atoms with Crippen molar-refractivity contribution in [2.45, 2.75) is 19.1 Å². The maximum Gasteiger partial charge on any atom is 0.227 e. The van der Waals surface area contributed by atoms with Gasteiger partial charge in [-0.3, -0.25) is 4.79 Å². The first-order valence-electron chi connectivity index (χ1n) is 5.80.